The fraction of sp³-hybridized carbons (Fsp3) is 0.714. The maximum Gasteiger partial charge on any atom is 0.265 e. The number of carbonyl (C=O) groups is 1. The molecule has 0 bridgehead atoms. The first-order valence-corrected chi connectivity index (χ1v) is 8.35. The van der Waals surface area contributed by atoms with Crippen LogP contribution in [0.4, 0.5) is 10.9 Å². The molecule has 2 aliphatic rings. The number of hydrogen-bond acceptors (Lipinski definition) is 6. The number of aliphatic hydroxyl groups is 1. The SMILES string of the molecule is Nc1nc(N2CCCC2)sc1C(=O)NCC1(CCO)CC1. The molecule has 1 aromatic heterocycles. The summed E-state index contributed by atoms with van der Waals surface area (Å²) in [6.07, 6.45) is 5.25. The van der Waals surface area contributed by atoms with Crippen molar-refractivity contribution >= 4 is 28.2 Å². The van der Waals surface area contributed by atoms with Gasteiger partial charge in [-0.15, -0.1) is 0 Å². The second-order valence-electron chi connectivity index (χ2n) is 6.06. The van der Waals surface area contributed by atoms with Gasteiger partial charge in [0.2, 0.25) is 0 Å². The van der Waals surface area contributed by atoms with Gasteiger partial charge in [-0.05, 0) is 37.5 Å². The first-order valence-electron chi connectivity index (χ1n) is 7.54. The lowest BCUT2D eigenvalue weighted by atomic mass is 10.0. The number of carbonyl (C=O) groups excluding carboxylic acids is 1. The summed E-state index contributed by atoms with van der Waals surface area (Å²) in [4.78, 5) is 19.3. The Bertz CT molecular complexity index is 521. The first-order chi connectivity index (χ1) is 10.1. The maximum absolute atomic E-state index is 12.3. The molecular weight excluding hydrogens is 288 g/mol. The number of nitrogens with zero attached hydrogens (tertiary/aromatic N) is 2. The van der Waals surface area contributed by atoms with E-state index in [1.54, 1.807) is 0 Å². The summed E-state index contributed by atoms with van der Waals surface area (Å²) in [6.45, 7) is 2.78. The third-order valence-corrected chi connectivity index (χ3v) is 5.58. The zero-order valence-corrected chi connectivity index (χ0v) is 12.9. The summed E-state index contributed by atoms with van der Waals surface area (Å²) >= 11 is 1.38. The number of thiazole rings is 1. The quantitative estimate of drug-likeness (QED) is 0.735. The normalized spacial score (nSPS) is 19.8. The summed E-state index contributed by atoms with van der Waals surface area (Å²) in [7, 11) is 0. The lowest BCUT2D eigenvalue weighted by Crippen LogP contribution is -2.30. The molecule has 1 aliphatic carbocycles. The minimum Gasteiger partial charge on any atom is -0.396 e. The van der Waals surface area contributed by atoms with E-state index in [4.69, 9.17) is 10.8 Å². The average Bonchev–Trinajstić information content (AvgIpc) is 2.91. The highest BCUT2D eigenvalue weighted by Crippen LogP contribution is 2.48. The van der Waals surface area contributed by atoms with Gasteiger partial charge in [-0.3, -0.25) is 4.79 Å². The van der Waals surface area contributed by atoms with Crippen LogP contribution in [0.5, 0.6) is 0 Å². The molecule has 21 heavy (non-hydrogen) atoms. The van der Waals surface area contributed by atoms with E-state index in [9.17, 15) is 4.79 Å². The molecule has 1 saturated carbocycles. The van der Waals surface area contributed by atoms with Crippen LogP contribution < -0.4 is 16.0 Å². The van der Waals surface area contributed by atoms with E-state index < -0.39 is 0 Å². The van der Waals surface area contributed by atoms with Gasteiger partial charge < -0.3 is 21.1 Å². The lowest BCUT2D eigenvalue weighted by Gasteiger charge is -2.14. The van der Waals surface area contributed by atoms with E-state index in [1.165, 1.54) is 24.2 Å². The molecule has 0 atom stereocenters. The van der Waals surface area contributed by atoms with Crippen LogP contribution in [0.3, 0.4) is 0 Å². The van der Waals surface area contributed by atoms with Crippen LogP contribution in [0.2, 0.25) is 0 Å². The Morgan fingerprint density at radius 2 is 2.14 bits per heavy atom. The Kier molecular flexibility index (Phi) is 4.03. The lowest BCUT2D eigenvalue weighted by molar-refractivity contribution is 0.0945. The standard InChI is InChI=1S/C14H22N4O2S/c15-11-10(21-13(17-11)18-6-1-2-7-18)12(20)16-9-14(3-4-14)5-8-19/h19H,1-9,15H2,(H,16,20). The zero-order valence-electron chi connectivity index (χ0n) is 12.1. The Balaban J connectivity index is 1.62. The van der Waals surface area contributed by atoms with Crippen molar-refractivity contribution in [2.24, 2.45) is 5.41 Å². The molecule has 0 spiro atoms. The zero-order chi connectivity index (χ0) is 14.9. The first kappa shape index (κ1) is 14.6. The second kappa shape index (κ2) is 5.81. The van der Waals surface area contributed by atoms with Crippen LogP contribution in [0, 0.1) is 5.41 Å². The van der Waals surface area contributed by atoms with Crippen molar-refractivity contribution < 1.29 is 9.90 Å². The Hall–Kier alpha value is -1.34. The van der Waals surface area contributed by atoms with E-state index in [1.807, 2.05) is 0 Å². The summed E-state index contributed by atoms with van der Waals surface area (Å²) in [5.74, 6) is 0.186. The summed E-state index contributed by atoms with van der Waals surface area (Å²) in [6, 6.07) is 0. The summed E-state index contributed by atoms with van der Waals surface area (Å²) in [5, 5.41) is 12.9. The molecule has 2 fully saturated rings. The van der Waals surface area contributed by atoms with Crippen LogP contribution in [-0.4, -0.2) is 42.2 Å². The highest BCUT2D eigenvalue weighted by atomic mass is 32.1. The van der Waals surface area contributed by atoms with Crippen molar-refractivity contribution in [3.05, 3.63) is 4.88 Å². The highest BCUT2D eigenvalue weighted by molar-refractivity contribution is 7.18. The number of anilines is 2. The van der Waals surface area contributed by atoms with Gasteiger partial charge in [0.05, 0.1) is 0 Å². The number of nitrogens with two attached hydrogens (primary N) is 1. The fourth-order valence-corrected chi connectivity index (χ4v) is 3.76. The molecule has 0 aromatic carbocycles. The molecule has 0 unspecified atom stereocenters. The van der Waals surface area contributed by atoms with Crippen molar-refractivity contribution in [3.63, 3.8) is 0 Å². The molecular formula is C14H22N4O2S. The number of nitrogen functional groups attached to an aromatic ring is 1. The molecule has 7 heteroatoms. The van der Waals surface area contributed by atoms with E-state index in [-0.39, 0.29) is 17.9 Å². The number of hydrogen-bond donors (Lipinski definition) is 3. The second-order valence-corrected chi connectivity index (χ2v) is 7.04. The maximum atomic E-state index is 12.3. The number of amides is 1. The molecule has 116 valence electrons. The van der Waals surface area contributed by atoms with Gasteiger partial charge in [0.1, 0.15) is 10.7 Å². The molecule has 0 radical (unpaired) electrons. The van der Waals surface area contributed by atoms with Crippen LogP contribution in [-0.2, 0) is 0 Å². The topological polar surface area (TPSA) is 91.5 Å². The van der Waals surface area contributed by atoms with Gasteiger partial charge in [-0.1, -0.05) is 11.3 Å². The van der Waals surface area contributed by atoms with E-state index >= 15 is 0 Å². The minimum atomic E-state index is -0.139. The predicted octanol–water partition coefficient (Wildman–Crippen LogP) is 1.22. The smallest absolute Gasteiger partial charge is 0.265 e. The molecule has 1 aliphatic heterocycles. The van der Waals surface area contributed by atoms with Crippen LogP contribution in [0.1, 0.15) is 41.8 Å². The number of rotatable bonds is 6. The Morgan fingerprint density at radius 1 is 1.43 bits per heavy atom. The van der Waals surface area contributed by atoms with E-state index in [0.717, 1.165) is 37.5 Å². The van der Waals surface area contributed by atoms with Gasteiger partial charge in [0.15, 0.2) is 5.13 Å². The Morgan fingerprint density at radius 3 is 2.76 bits per heavy atom. The molecule has 6 nitrogen and oxygen atoms in total. The van der Waals surface area contributed by atoms with Gasteiger partial charge in [0.25, 0.3) is 5.91 Å². The predicted molar refractivity (Wildman–Crippen MR) is 83.7 cm³/mol. The largest absolute Gasteiger partial charge is 0.396 e. The van der Waals surface area contributed by atoms with Gasteiger partial charge in [0, 0.05) is 26.2 Å². The van der Waals surface area contributed by atoms with Crippen LogP contribution in [0.15, 0.2) is 0 Å². The van der Waals surface area contributed by atoms with Crippen molar-refractivity contribution in [1.82, 2.24) is 10.3 Å². The van der Waals surface area contributed by atoms with Gasteiger partial charge in [-0.25, -0.2) is 4.98 Å². The third-order valence-electron chi connectivity index (χ3n) is 4.45. The molecule has 2 heterocycles. The van der Waals surface area contributed by atoms with Crippen molar-refractivity contribution in [2.45, 2.75) is 32.1 Å². The van der Waals surface area contributed by atoms with Crippen LogP contribution >= 0.6 is 11.3 Å². The van der Waals surface area contributed by atoms with Gasteiger partial charge >= 0.3 is 0 Å². The number of aromatic nitrogens is 1. The highest BCUT2D eigenvalue weighted by Gasteiger charge is 2.42. The number of aliphatic hydroxyl groups excluding tert-OH is 1. The van der Waals surface area contributed by atoms with Crippen molar-refractivity contribution in [3.8, 4) is 0 Å². The molecule has 4 N–H and O–H groups in total. The van der Waals surface area contributed by atoms with Crippen molar-refractivity contribution in [1.29, 1.82) is 0 Å². The van der Waals surface area contributed by atoms with Gasteiger partial charge in [-0.2, -0.15) is 0 Å². The fourth-order valence-electron chi connectivity index (χ4n) is 2.80. The number of nitrogens with one attached hydrogen (secondary N) is 1. The molecule has 3 rings (SSSR count). The van der Waals surface area contributed by atoms with E-state index in [2.05, 4.69) is 15.2 Å². The van der Waals surface area contributed by atoms with E-state index in [0.29, 0.717) is 17.2 Å². The summed E-state index contributed by atoms with van der Waals surface area (Å²) < 4.78 is 0. The minimum absolute atomic E-state index is 0.113. The van der Waals surface area contributed by atoms with Crippen molar-refractivity contribution in [2.75, 3.05) is 36.9 Å². The molecule has 1 aromatic rings. The monoisotopic (exact) mass is 310 g/mol. The molecule has 1 amide bonds. The summed E-state index contributed by atoms with van der Waals surface area (Å²) in [5.41, 5.74) is 6.01. The molecule has 1 saturated heterocycles. The Labute approximate surface area is 128 Å². The van der Waals surface area contributed by atoms with Crippen LogP contribution in [0.25, 0.3) is 0 Å². The average molecular weight is 310 g/mol. The third kappa shape index (κ3) is 3.13.